The average Bonchev–Trinajstić information content (AvgIpc) is 3.62. The first kappa shape index (κ1) is 31.0. The van der Waals surface area contributed by atoms with Gasteiger partial charge in [0.1, 0.15) is 19.1 Å². The molecule has 5 N–H and O–H groups in total. The molecule has 1 aliphatic carbocycles. The Labute approximate surface area is 204 Å². The monoisotopic (exact) mass is 489 g/mol. The Morgan fingerprint density at radius 2 is 1.76 bits per heavy atom. The van der Waals surface area contributed by atoms with Crippen molar-refractivity contribution in [2.24, 2.45) is 11.3 Å². The molecule has 9 nitrogen and oxygen atoms in total. The smallest absolute Gasteiger partial charge is 0.250 e. The van der Waals surface area contributed by atoms with Crippen LogP contribution in [0.15, 0.2) is 12.2 Å². The predicted octanol–water partition coefficient (Wildman–Crippen LogP) is 1.86. The minimum atomic E-state index is -1.17. The van der Waals surface area contributed by atoms with E-state index in [4.69, 9.17) is 14.2 Å². The number of hydrogen-bond acceptors (Lipinski definition) is 8. The maximum Gasteiger partial charge on any atom is 0.250 e. The molecular weight excluding hydrogens is 442 g/mol. The number of hydrogen-bond donors (Lipinski definition) is 5. The van der Waals surface area contributed by atoms with Gasteiger partial charge in [-0.25, -0.2) is 0 Å². The molecule has 0 radical (unpaired) electrons. The zero-order chi connectivity index (χ0) is 25.7. The summed E-state index contributed by atoms with van der Waals surface area (Å²) in [6.07, 6.45) is 2.86. The van der Waals surface area contributed by atoms with E-state index < -0.39 is 31.1 Å². The molecule has 0 spiro atoms. The minimum Gasteiger partial charge on any atom is -0.394 e. The number of ether oxygens (including phenoxy) is 3. The largest absolute Gasteiger partial charge is 0.394 e. The Hall–Kier alpha value is -1.07. The quantitative estimate of drug-likeness (QED) is 0.129. The van der Waals surface area contributed by atoms with E-state index in [0.717, 1.165) is 24.8 Å². The second kappa shape index (κ2) is 15.8. The van der Waals surface area contributed by atoms with Crippen LogP contribution in [-0.2, 0) is 19.0 Å². The number of aliphatic hydroxyl groups is 4. The normalized spacial score (nSPS) is 20.1. The van der Waals surface area contributed by atoms with Crippen LogP contribution in [0.5, 0.6) is 0 Å². The number of rotatable bonds is 20. The van der Waals surface area contributed by atoms with Crippen LogP contribution in [0.25, 0.3) is 0 Å². The van der Waals surface area contributed by atoms with E-state index in [1.54, 1.807) is 7.11 Å². The summed E-state index contributed by atoms with van der Waals surface area (Å²) >= 11 is 0. The molecular formula is C25H47NO8. The highest BCUT2D eigenvalue weighted by molar-refractivity contribution is 5.80. The minimum absolute atomic E-state index is 0.0593. The molecule has 1 amide bonds. The third-order valence-corrected chi connectivity index (χ3v) is 7.34. The standard InChI is InChI=1S/C25H47NO8/c1-17(18(2)19(3)32-4)8-6-9-21(29)24(31)26-23(34-16-28)10-7-11-25(12-13-25)22(30)14-20(15-27)33-5/h18-23,27-30H,1,6-16H2,2-5H3,(H,26,31)/t18-,19?,20+,21?,22?,23?/m1/s1. The summed E-state index contributed by atoms with van der Waals surface area (Å²) in [5.74, 6) is -0.343. The lowest BCUT2D eigenvalue weighted by Gasteiger charge is -2.26. The van der Waals surface area contributed by atoms with Crippen LogP contribution in [0, 0.1) is 11.3 Å². The Morgan fingerprint density at radius 3 is 2.29 bits per heavy atom. The molecule has 1 saturated carbocycles. The Balaban J connectivity index is 2.42. The van der Waals surface area contributed by atoms with Crippen molar-refractivity contribution in [2.45, 2.75) is 102 Å². The van der Waals surface area contributed by atoms with Crippen molar-refractivity contribution in [2.75, 3.05) is 27.6 Å². The molecule has 0 heterocycles. The lowest BCUT2D eigenvalue weighted by Crippen LogP contribution is -2.43. The van der Waals surface area contributed by atoms with Gasteiger partial charge in [0.05, 0.1) is 24.9 Å². The van der Waals surface area contributed by atoms with Crippen molar-refractivity contribution >= 4 is 5.91 Å². The van der Waals surface area contributed by atoms with Gasteiger partial charge in [-0.15, -0.1) is 0 Å². The van der Waals surface area contributed by atoms with Crippen LogP contribution in [0.4, 0.5) is 0 Å². The summed E-state index contributed by atoms with van der Waals surface area (Å²) in [5, 5.41) is 42.0. The predicted molar refractivity (Wildman–Crippen MR) is 129 cm³/mol. The van der Waals surface area contributed by atoms with E-state index in [-0.39, 0.29) is 30.1 Å². The molecule has 0 aliphatic heterocycles. The van der Waals surface area contributed by atoms with Gasteiger partial charge in [-0.3, -0.25) is 4.79 Å². The first-order valence-corrected chi connectivity index (χ1v) is 12.4. The molecule has 0 aromatic heterocycles. The van der Waals surface area contributed by atoms with E-state index in [2.05, 4.69) is 11.9 Å². The molecule has 1 rings (SSSR count). The SMILES string of the molecule is C=C(CCCC(O)C(=O)NC(CCCC1(C(O)C[C@@H](CO)OC)CC1)OCO)[C@@H](C)C(C)OC. The van der Waals surface area contributed by atoms with Gasteiger partial charge in [0.2, 0.25) is 0 Å². The van der Waals surface area contributed by atoms with Crippen molar-refractivity contribution in [1.29, 1.82) is 0 Å². The zero-order valence-electron chi connectivity index (χ0n) is 21.4. The zero-order valence-corrected chi connectivity index (χ0v) is 21.4. The fraction of sp³-hybridized carbons (Fsp3) is 0.880. The number of nitrogens with one attached hydrogen (secondary N) is 1. The second-order valence-corrected chi connectivity index (χ2v) is 9.64. The third-order valence-electron chi connectivity index (χ3n) is 7.34. The summed E-state index contributed by atoms with van der Waals surface area (Å²) in [6.45, 7) is 7.43. The number of carbonyl (C=O) groups excluding carboxylic acids is 1. The molecule has 0 saturated heterocycles. The summed E-state index contributed by atoms with van der Waals surface area (Å²) < 4.78 is 15.7. The van der Waals surface area contributed by atoms with E-state index in [9.17, 15) is 25.2 Å². The van der Waals surface area contributed by atoms with Crippen molar-refractivity contribution in [1.82, 2.24) is 5.32 Å². The van der Waals surface area contributed by atoms with Gasteiger partial charge in [0, 0.05) is 26.6 Å². The van der Waals surface area contributed by atoms with Crippen LogP contribution in [0.1, 0.15) is 71.6 Å². The molecule has 0 bridgehead atoms. The number of carbonyl (C=O) groups is 1. The molecule has 1 fully saturated rings. The lowest BCUT2D eigenvalue weighted by atomic mass is 9.89. The van der Waals surface area contributed by atoms with Crippen LogP contribution in [0.2, 0.25) is 0 Å². The highest BCUT2D eigenvalue weighted by Crippen LogP contribution is 2.54. The lowest BCUT2D eigenvalue weighted by molar-refractivity contribution is -0.138. The van der Waals surface area contributed by atoms with Gasteiger partial charge in [-0.2, -0.15) is 0 Å². The second-order valence-electron chi connectivity index (χ2n) is 9.64. The van der Waals surface area contributed by atoms with Crippen LogP contribution >= 0.6 is 0 Å². The first-order chi connectivity index (χ1) is 16.1. The fourth-order valence-corrected chi connectivity index (χ4v) is 4.25. The van der Waals surface area contributed by atoms with Crippen molar-refractivity contribution < 1.29 is 39.4 Å². The van der Waals surface area contributed by atoms with Gasteiger partial charge in [-0.1, -0.05) is 19.1 Å². The van der Waals surface area contributed by atoms with Crippen LogP contribution in [-0.4, -0.2) is 84.6 Å². The highest BCUT2D eigenvalue weighted by atomic mass is 16.6. The van der Waals surface area contributed by atoms with Crippen molar-refractivity contribution in [3.05, 3.63) is 12.2 Å². The maximum atomic E-state index is 12.4. The van der Waals surface area contributed by atoms with Gasteiger partial charge in [-0.05, 0) is 63.7 Å². The highest BCUT2D eigenvalue weighted by Gasteiger charge is 2.48. The van der Waals surface area contributed by atoms with Gasteiger partial charge in [0.25, 0.3) is 5.91 Å². The van der Waals surface area contributed by atoms with Gasteiger partial charge >= 0.3 is 0 Å². The Bertz CT molecular complexity index is 593. The number of aliphatic hydroxyl groups excluding tert-OH is 4. The summed E-state index contributed by atoms with van der Waals surface area (Å²) in [4.78, 5) is 12.4. The molecule has 0 aromatic rings. The summed E-state index contributed by atoms with van der Waals surface area (Å²) in [7, 11) is 3.17. The molecule has 0 aromatic carbocycles. The third kappa shape index (κ3) is 10.3. The van der Waals surface area contributed by atoms with Crippen LogP contribution < -0.4 is 5.32 Å². The van der Waals surface area contributed by atoms with Gasteiger partial charge < -0.3 is 40.0 Å². The van der Waals surface area contributed by atoms with E-state index >= 15 is 0 Å². The fourth-order valence-electron chi connectivity index (χ4n) is 4.25. The Kier molecular flexibility index (Phi) is 14.4. The maximum absolute atomic E-state index is 12.4. The Morgan fingerprint density at radius 1 is 1.09 bits per heavy atom. The van der Waals surface area contributed by atoms with E-state index in [1.165, 1.54) is 7.11 Å². The summed E-state index contributed by atoms with van der Waals surface area (Å²) in [6, 6.07) is 0. The van der Waals surface area contributed by atoms with Crippen molar-refractivity contribution in [3.8, 4) is 0 Å². The first-order valence-electron chi connectivity index (χ1n) is 12.4. The average molecular weight is 490 g/mol. The number of methoxy groups -OCH3 is 2. The molecule has 6 atom stereocenters. The molecule has 1 aliphatic rings. The molecule has 9 heteroatoms. The van der Waals surface area contributed by atoms with Gasteiger partial charge in [0.15, 0.2) is 0 Å². The summed E-state index contributed by atoms with van der Waals surface area (Å²) in [5.41, 5.74) is 0.828. The van der Waals surface area contributed by atoms with Crippen LogP contribution in [0.3, 0.4) is 0 Å². The van der Waals surface area contributed by atoms with E-state index in [0.29, 0.717) is 38.5 Å². The topological polar surface area (TPSA) is 138 Å². The van der Waals surface area contributed by atoms with Crippen molar-refractivity contribution in [3.63, 3.8) is 0 Å². The molecule has 200 valence electrons. The molecule has 34 heavy (non-hydrogen) atoms. The van der Waals surface area contributed by atoms with E-state index in [1.807, 2.05) is 13.8 Å². The number of amides is 1. The molecule has 4 unspecified atom stereocenters.